The number of rotatable bonds is 13. The van der Waals surface area contributed by atoms with E-state index < -0.39 is 54.2 Å². The minimum atomic E-state index is -0.962. The molecule has 9 N–H and O–H groups in total. The zero-order valence-corrected chi connectivity index (χ0v) is 19.6. The van der Waals surface area contributed by atoms with E-state index in [1.807, 2.05) is 13.8 Å². The van der Waals surface area contributed by atoms with Gasteiger partial charge in [-0.15, -0.1) is 0 Å². The summed E-state index contributed by atoms with van der Waals surface area (Å²) in [7, 11) is 0. The molecule has 1 aromatic carbocycles. The standard InChI is InChI=1S/C22H34N6O6/c1-12(2)8-17(22(34)25-10-18(24)30)28-19(31)11-26-20(32)13(3)27-21(33)16(23)9-14-4-6-15(29)7-5-14/h4-7,12-13,16-17,29H,8-11,23H2,1-3H3,(H2,24,30)(H,25,34)(H,26,32)(H,27,33)(H,28,31)/t13-,16-,17-/m0/s1. The van der Waals surface area contributed by atoms with Crippen LogP contribution in [0.2, 0.25) is 0 Å². The summed E-state index contributed by atoms with van der Waals surface area (Å²) >= 11 is 0. The van der Waals surface area contributed by atoms with Gasteiger partial charge in [-0.2, -0.15) is 0 Å². The van der Waals surface area contributed by atoms with Crippen LogP contribution in [0.1, 0.15) is 32.8 Å². The van der Waals surface area contributed by atoms with E-state index in [0.717, 1.165) is 5.56 Å². The van der Waals surface area contributed by atoms with Crippen LogP contribution in [0.3, 0.4) is 0 Å². The highest BCUT2D eigenvalue weighted by molar-refractivity contribution is 5.93. The smallest absolute Gasteiger partial charge is 0.243 e. The number of nitrogens with one attached hydrogen (secondary N) is 4. The van der Waals surface area contributed by atoms with Gasteiger partial charge >= 0.3 is 0 Å². The first-order valence-electron chi connectivity index (χ1n) is 10.9. The van der Waals surface area contributed by atoms with Crippen molar-refractivity contribution < 1.29 is 29.1 Å². The third-order valence-electron chi connectivity index (χ3n) is 4.70. The summed E-state index contributed by atoms with van der Waals surface area (Å²) in [6.45, 7) is 4.39. The van der Waals surface area contributed by atoms with Crippen LogP contribution in [0.25, 0.3) is 0 Å². The second kappa shape index (κ2) is 13.8. The van der Waals surface area contributed by atoms with Crippen LogP contribution in [0, 0.1) is 5.92 Å². The van der Waals surface area contributed by atoms with Crippen molar-refractivity contribution >= 4 is 29.5 Å². The Hall–Kier alpha value is -3.67. The minimum Gasteiger partial charge on any atom is -0.508 e. The van der Waals surface area contributed by atoms with Gasteiger partial charge < -0.3 is 37.8 Å². The minimum absolute atomic E-state index is 0.0697. The first kappa shape index (κ1) is 28.4. The summed E-state index contributed by atoms with van der Waals surface area (Å²) in [6, 6.07) is 3.45. The normalized spacial score (nSPS) is 13.3. The predicted molar refractivity (Wildman–Crippen MR) is 124 cm³/mol. The summed E-state index contributed by atoms with van der Waals surface area (Å²) in [5, 5.41) is 19.0. The predicted octanol–water partition coefficient (Wildman–Crippen LogP) is -1.98. The molecule has 0 spiro atoms. The summed E-state index contributed by atoms with van der Waals surface area (Å²) in [5.74, 6) is -2.89. The van der Waals surface area contributed by atoms with Gasteiger partial charge in [0, 0.05) is 0 Å². The van der Waals surface area contributed by atoms with E-state index in [1.165, 1.54) is 19.1 Å². The van der Waals surface area contributed by atoms with Crippen molar-refractivity contribution in [3.8, 4) is 5.75 Å². The second-order valence-electron chi connectivity index (χ2n) is 8.36. The fraction of sp³-hybridized carbons (Fsp3) is 0.500. The molecule has 188 valence electrons. The number of hydrogen-bond acceptors (Lipinski definition) is 7. The van der Waals surface area contributed by atoms with E-state index in [4.69, 9.17) is 11.5 Å². The van der Waals surface area contributed by atoms with Crippen molar-refractivity contribution in [1.82, 2.24) is 21.3 Å². The first-order chi connectivity index (χ1) is 15.9. The van der Waals surface area contributed by atoms with Crippen molar-refractivity contribution in [1.29, 1.82) is 0 Å². The number of aromatic hydroxyl groups is 1. The molecule has 34 heavy (non-hydrogen) atoms. The van der Waals surface area contributed by atoms with Crippen molar-refractivity contribution in [2.75, 3.05) is 13.1 Å². The molecule has 0 aromatic heterocycles. The number of carbonyl (C=O) groups excluding carboxylic acids is 5. The van der Waals surface area contributed by atoms with Crippen molar-refractivity contribution in [3.05, 3.63) is 29.8 Å². The van der Waals surface area contributed by atoms with Gasteiger partial charge in [0.25, 0.3) is 0 Å². The summed E-state index contributed by atoms with van der Waals surface area (Å²) < 4.78 is 0. The topological polar surface area (TPSA) is 206 Å². The Balaban J connectivity index is 2.51. The fourth-order valence-corrected chi connectivity index (χ4v) is 2.93. The molecule has 3 atom stereocenters. The molecule has 0 aliphatic heterocycles. The van der Waals surface area contributed by atoms with Gasteiger partial charge in [0.05, 0.1) is 19.1 Å². The highest BCUT2D eigenvalue weighted by atomic mass is 16.3. The van der Waals surface area contributed by atoms with Crippen LogP contribution in [-0.4, -0.2) is 65.9 Å². The Bertz CT molecular complexity index is 873. The lowest BCUT2D eigenvalue weighted by Gasteiger charge is -2.21. The van der Waals surface area contributed by atoms with E-state index in [1.54, 1.807) is 12.1 Å². The van der Waals surface area contributed by atoms with Crippen molar-refractivity contribution in [3.63, 3.8) is 0 Å². The summed E-state index contributed by atoms with van der Waals surface area (Å²) in [4.78, 5) is 59.9. The number of hydrogen-bond donors (Lipinski definition) is 7. The van der Waals surface area contributed by atoms with Crippen LogP contribution < -0.4 is 32.7 Å². The molecule has 0 unspecified atom stereocenters. The third kappa shape index (κ3) is 10.8. The fourth-order valence-electron chi connectivity index (χ4n) is 2.93. The van der Waals surface area contributed by atoms with E-state index >= 15 is 0 Å². The quantitative estimate of drug-likeness (QED) is 0.170. The van der Waals surface area contributed by atoms with E-state index in [0.29, 0.717) is 6.42 Å². The molecule has 0 saturated heterocycles. The SMILES string of the molecule is CC(C)C[C@H](NC(=O)CNC(=O)[C@H](C)NC(=O)[C@@H](N)Cc1ccc(O)cc1)C(=O)NCC(N)=O. The van der Waals surface area contributed by atoms with Gasteiger partial charge in [0.15, 0.2) is 0 Å². The monoisotopic (exact) mass is 478 g/mol. The Kier molecular flexibility index (Phi) is 11.5. The Morgan fingerprint density at radius 3 is 2.03 bits per heavy atom. The van der Waals surface area contributed by atoms with Crippen LogP contribution in [0.5, 0.6) is 5.75 Å². The molecule has 0 radical (unpaired) electrons. The highest BCUT2D eigenvalue weighted by Gasteiger charge is 2.24. The highest BCUT2D eigenvalue weighted by Crippen LogP contribution is 2.11. The summed E-state index contributed by atoms with van der Waals surface area (Å²) in [5.41, 5.74) is 11.6. The van der Waals surface area contributed by atoms with Crippen LogP contribution in [-0.2, 0) is 30.4 Å². The molecule has 0 fully saturated rings. The maximum Gasteiger partial charge on any atom is 0.243 e. The zero-order valence-electron chi connectivity index (χ0n) is 19.6. The largest absolute Gasteiger partial charge is 0.508 e. The summed E-state index contributed by atoms with van der Waals surface area (Å²) in [6.07, 6.45) is 0.521. The second-order valence-corrected chi connectivity index (χ2v) is 8.36. The lowest BCUT2D eigenvalue weighted by atomic mass is 10.0. The number of primary amides is 1. The average Bonchev–Trinajstić information content (AvgIpc) is 2.76. The van der Waals surface area contributed by atoms with Crippen LogP contribution in [0.15, 0.2) is 24.3 Å². The molecule has 5 amide bonds. The molecule has 1 rings (SSSR count). The molecule has 1 aromatic rings. The molecule has 12 heteroatoms. The zero-order chi connectivity index (χ0) is 25.8. The molecular weight excluding hydrogens is 444 g/mol. The van der Waals surface area contributed by atoms with Gasteiger partial charge in [0.2, 0.25) is 29.5 Å². The maximum absolute atomic E-state index is 12.3. The lowest BCUT2D eigenvalue weighted by Crippen LogP contribution is -2.54. The van der Waals surface area contributed by atoms with Gasteiger partial charge in [-0.05, 0) is 43.4 Å². The van der Waals surface area contributed by atoms with Crippen molar-refractivity contribution in [2.24, 2.45) is 17.4 Å². The number of amides is 5. The van der Waals surface area contributed by atoms with E-state index in [2.05, 4.69) is 21.3 Å². The van der Waals surface area contributed by atoms with Gasteiger partial charge in [0.1, 0.15) is 17.8 Å². The number of carbonyl (C=O) groups is 5. The lowest BCUT2D eigenvalue weighted by molar-refractivity contribution is -0.132. The third-order valence-corrected chi connectivity index (χ3v) is 4.70. The number of phenols is 1. The van der Waals surface area contributed by atoms with Gasteiger partial charge in [-0.1, -0.05) is 26.0 Å². The average molecular weight is 479 g/mol. The molecular formula is C22H34N6O6. The number of benzene rings is 1. The molecule has 0 bridgehead atoms. The molecule has 12 nitrogen and oxygen atoms in total. The van der Waals surface area contributed by atoms with Gasteiger partial charge in [-0.3, -0.25) is 24.0 Å². The number of nitrogens with two attached hydrogens (primary N) is 2. The van der Waals surface area contributed by atoms with Crippen molar-refractivity contribution in [2.45, 2.75) is 51.7 Å². The van der Waals surface area contributed by atoms with Crippen LogP contribution in [0.4, 0.5) is 0 Å². The van der Waals surface area contributed by atoms with E-state index in [-0.39, 0.29) is 24.6 Å². The maximum atomic E-state index is 12.3. The van der Waals surface area contributed by atoms with Gasteiger partial charge in [-0.25, -0.2) is 0 Å². The van der Waals surface area contributed by atoms with Crippen LogP contribution >= 0.6 is 0 Å². The van der Waals surface area contributed by atoms with E-state index in [9.17, 15) is 29.1 Å². The molecule has 0 heterocycles. The Labute approximate surface area is 198 Å². The molecule has 0 saturated carbocycles. The molecule has 0 aliphatic rings. The Morgan fingerprint density at radius 2 is 1.47 bits per heavy atom. The molecule has 0 aliphatic carbocycles. The Morgan fingerprint density at radius 1 is 0.882 bits per heavy atom. The number of phenolic OH excluding ortho intramolecular Hbond substituents is 1. The first-order valence-corrected chi connectivity index (χ1v) is 10.9.